The molecule has 0 aromatic rings. The molecule has 0 saturated heterocycles. The molecule has 1 unspecified atom stereocenters. The molecule has 1 atom stereocenters. The molecule has 0 aliphatic heterocycles. The Hall–Kier alpha value is -1.10. The van der Waals surface area contributed by atoms with Crippen molar-refractivity contribution in [3.63, 3.8) is 0 Å². The van der Waals surface area contributed by atoms with Crippen LogP contribution in [0.5, 0.6) is 0 Å². The number of ether oxygens (including phenoxy) is 1. The number of esters is 1. The van der Waals surface area contributed by atoms with Gasteiger partial charge in [0.05, 0.1) is 19.6 Å². The van der Waals surface area contributed by atoms with E-state index in [-0.39, 0.29) is 30.9 Å². The van der Waals surface area contributed by atoms with Crippen LogP contribution >= 0.6 is 0 Å². The molecule has 0 radical (unpaired) electrons. The van der Waals surface area contributed by atoms with Gasteiger partial charge in [-0.05, 0) is 19.8 Å². The summed E-state index contributed by atoms with van der Waals surface area (Å²) in [6.07, 6.45) is 0.283. The predicted molar refractivity (Wildman–Crippen MR) is 66.6 cm³/mol. The van der Waals surface area contributed by atoms with E-state index < -0.39 is 0 Å². The second kappa shape index (κ2) is 8.98. The largest absolute Gasteiger partial charge is 0.466 e. The molecule has 0 aromatic carbocycles. The average Bonchev–Trinajstić information content (AvgIpc) is 2.23. The maximum atomic E-state index is 11.4. The van der Waals surface area contributed by atoms with Gasteiger partial charge in [-0.3, -0.25) is 9.59 Å². The van der Waals surface area contributed by atoms with Crippen LogP contribution in [-0.2, 0) is 14.3 Å². The van der Waals surface area contributed by atoms with Gasteiger partial charge < -0.3 is 15.4 Å². The normalized spacial score (nSPS) is 12.3. The first-order chi connectivity index (χ1) is 7.95. The number of rotatable bonds is 8. The van der Waals surface area contributed by atoms with Crippen LogP contribution in [0.2, 0.25) is 0 Å². The van der Waals surface area contributed by atoms with Crippen LogP contribution in [0.15, 0.2) is 0 Å². The Balaban J connectivity index is 3.65. The molecule has 5 heteroatoms. The summed E-state index contributed by atoms with van der Waals surface area (Å²) in [4.78, 5) is 22.5. The van der Waals surface area contributed by atoms with E-state index in [0.29, 0.717) is 19.1 Å². The number of nitrogens with one attached hydrogen (secondary N) is 2. The standard InChI is InChI=1S/C12H24N2O3/c1-5-17-12(16)6-10(4)13-8-11(15)14-7-9(2)3/h9-10,13H,5-8H2,1-4H3,(H,14,15). The highest BCUT2D eigenvalue weighted by Crippen LogP contribution is 1.93. The molecule has 5 nitrogen and oxygen atoms in total. The van der Waals surface area contributed by atoms with Gasteiger partial charge in [0.15, 0.2) is 0 Å². The number of carbonyl (C=O) groups is 2. The van der Waals surface area contributed by atoms with E-state index >= 15 is 0 Å². The minimum Gasteiger partial charge on any atom is -0.466 e. The van der Waals surface area contributed by atoms with Gasteiger partial charge in [0.2, 0.25) is 5.91 Å². The van der Waals surface area contributed by atoms with Gasteiger partial charge in [0.1, 0.15) is 0 Å². The topological polar surface area (TPSA) is 67.4 Å². The van der Waals surface area contributed by atoms with Crippen molar-refractivity contribution in [2.24, 2.45) is 5.92 Å². The molecule has 0 bridgehead atoms. The Kier molecular flexibility index (Phi) is 8.40. The van der Waals surface area contributed by atoms with Crippen LogP contribution in [-0.4, -0.2) is 37.6 Å². The lowest BCUT2D eigenvalue weighted by atomic mass is 10.2. The van der Waals surface area contributed by atoms with Gasteiger partial charge in [-0.25, -0.2) is 0 Å². The van der Waals surface area contributed by atoms with Gasteiger partial charge in [0, 0.05) is 12.6 Å². The Bertz CT molecular complexity index is 242. The molecular formula is C12H24N2O3. The summed E-state index contributed by atoms with van der Waals surface area (Å²) in [5, 5.41) is 5.78. The van der Waals surface area contributed by atoms with Crippen molar-refractivity contribution in [3.05, 3.63) is 0 Å². The third-order valence-electron chi connectivity index (χ3n) is 2.10. The lowest BCUT2D eigenvalue weighted by Gasteiger charge is -2.13. The van der Waals surface area contributed by atoms with E-state index in [1.165, 1.54) is 0 Å². The van der Waals surface area contributed by atoms with Crippen molar-refractivity contribution in [1.29, 1.82) is 0 Å². The van der Waals surface area contributed by atoms with E-state index in [1.807, 2.05) is 20.8 Å². The Morgan fingerprint density at radius 1 is 1.24 bits per heavy atom. The molecule has 0 aliphatic rings. The van der Waals surface area contributed by atoms with Crippen molar-refractivity contribution >= 4 is 11.9 Å². The van der Waals surface area contributed by atoms with E-state index in [4.69, 9.17) is 4.74 Å². The Labute approximate surface area is 103 Å². The fourth-order valence-corrected chi connectivity index (χ4v) is 1.19. The van der Waals surface area contributed by atoms with Crippen LogP contribution in [0.3, 0.4) is 0 Å². The monoisotopic (exact) mass is 244 g/mol. The van der Waals surface area contributed by atoms with Gasteiger partial charge in [-0.2, -0.15) is 0 Å². The average molecular weight is 244 g/mol. The van der Waals surface area contributed by atoms with E-state index in [1.54, 1.807) is 6.92 Å². The van der Waals surface area contributed by atoms with Crippen LogP contribution in [0, 0.1) is 5.92 Å². The molecule has 0 spiro atoms. The molecular weight excluding hydrogens is 220 g/mol. The second-order valence-electron chi connectivity index (χ2n) is 4.49. The molecule has 0 saturated carbocycles. The first-order valence-corrected chi connectivity index (χ1v) is 6.11. The fraction of sp³-hybridized carbons (Fsp3) is 0.833. The van der Waals surface area contributed by atoms with Gasteiger partial charge >= 0.3 is 5.97 Å². The molecule has 0 rings (SSSR count). The summed E-state index contributed by atoms with van der Waals surface area (Å²) in [6.45, 7) is 9.00. The molecule has 100 valence electrons. The lowest BCUT2D eigenvalue weighted by molar-refractivity contribution is -0.143. The van der Waals surface area contributed by atoms with Crippen molar-refractivity contribution in [2.45, 2.75) is 40.2 Å². The van der Waals surface area contributed by atoms with Crippen molar-refractivity contribution in [2.75, 3.05) is 19.7 Å². The van der Waals surface area contributed by atoms with Crippen molar-refractivity contribution in [1.82, 2.24) is 10.6 Å². The zero-order chi connectivity index (χ0) is 13.3. The predicted octanol–water partition coefficient (Wildman–Crippen LogP) is 0.690. The van der Waals surface area contributed by atoms with Crippen molar-refractivity contribution in [3.8, 4) is 0 Å². The maximum absolute atomic E-state index is 11.4. The van der Waals surface area contributed by atoms with Crippen LogP contribution in [0.25, 0.3) is 0 Å². The number of carbonyl (C=O) groups excluding carboxylic acids is 2. The molecule has 0 fully saturated rings. The lowest BCUT2D eigenvalue weighted by Crippen LogP contribution is -2.40. The number of hydrogen-bond donors (Lipinski definition) is 2. The summed E-state index contributed by atoms with van der Waals surface area (Å²) < 4.78 is 4.82. The SMILES string of the molecule is CCOC(=O)CC(C)NCC(=O)NCC(C)C. The summed E-state index contributed by atoms with van der Waals surface area (Å²) in [6, 6.07) is -0.0566. The van der Waals surface area contributed by atoms with Gasteiger partial charge in [-0.1, -0.05) is 13.8 Å². The molecule has 0 heterocycles. The fourth-order valence-electron chi connectivity index (χ4n) is 1.19. The molecule has 0 aromatic heterocycles. The number of amides is 1. The summed E-state index contributed by atoms with van der Waals surface area (Å²) in [7, 11) is 0. The van der Waals surface area contributed by atoms with E-state index in [9.17, 15) is 9.59 Å². The summed E-state index contributed by atoms with van der Waals surface area (Å²) >= 11 is 0. The molecule has 0 aliphatic carbocycles. The molecule has 1 amide bonds. The smallest absolute Gasteiger partial charge is 0.307 e. The summed E-state index contributed by atoms with van der Waals surface area (Å²) in [5.74, 6) is 0.153. The maximum Gasteiger partial charge on any atom is 0.307 e. The quantitative estimate of drug-likeness (QED) is 0.616. The highest BCUT2D eigenvalue weighted by atomic mass is 16.5. The zero-order valence-electron chi connectivity index (χ0n) is 11.2. The highest BCUT2D eigenvalue weighted by Gasteiger charge is 2.10. The number of hydrogen-bond acceptors (Lipinski definition) is 4. The van der Waals surface area contributed by atoms with Gasteiger partial charge in [-0.15, -0.1) is 0 Å². The third kappa shape index (κ3) is 9.81. The van der Waals surface area contributed by atoms with Crippen LogP contribution in [0.1, 0.15) is 34.1 Å². The van der Waals surface area contributed by atoms with Gasteiger partial charge in [0.25, 0.3) is 0 Å². The first kappa shape index (κ1) is 15.9. The Morgan fingerprint density at radius 2 is 1.88 bits per heavy atom. The second-order valence-corrected chi connectivity index (χ2v) is 4.49. The molecule has 17 heavy (non-hydrogen) atoms. The van der Waals surface area contributed by atoms with E-state index in [0.717, 1.165) is 0 Å². The zero-order valence-corrected chi connectivity index (χ0v) is 11.2. The van der Waals surface area contributed by atoms with Crippen LogP contribution < -0.4 is 10.6 Å². The van der Waals surface area contributed by atoms with E-state index in [2.05, 4.69) is 10.6 Å². The first-order valence-electron chi connectivity index (χ1n) is 6.11. The van der Waals surface area contributed by atoms with Crippen molar-refractivity contribution < 1.29 is 14.3 Å². The highest BCUT2D eigenvalue weighted by molar-refractivity contribution is 5.78. The Morgan fingerprint density at radius 3 is 2.41 bits per heavy atom. The molecule has 2 N–H and O–H groups in total. The third-order valence-corrected chi connectivity index (χ3v) is 2.10. The summed E-state index contributed by atoms with van der Waals surface area (Å²) in [5.41, 5.74) is 0. The minimum atomic E-state index is -0.241. The van der Waals surface area contributed by atoms with Crippen LogP contribution in [0.4, 0.5) is 0 Å². The minimum absolute atomic E-state index is 0.0468.